The summed E-state index contributed by atoms with van der Waals surface area (Å²) in [5.41, 5.74) is 12.5. The molecule has 3 heterocycles. The molecule has 0 atom stereocenters. The van der Waals surface area contributed by atoms with Gasteiger partial charge in [-0.1, -0.05) is 93.3 Å². The quantitative estimate of drug-likeness (QED) is 0.187. The first kappa shape index (κ1) is 29.6. The fourth-order valence-electron chi connectivity index (χ4n) is 7.38. The molecule has 0 radical (unpaired) electrons. The van der Waals surface area contributed by atoms with Crippen LogP contribution in [0.2, 0.25) is 0 Å². The molecule has 1 aliphatic rings. The Morgan fingerprint density at radius 1 is 0.646 bits per heavy atom. The van der Waals surface area contributed by atoms with Gasteiger partial charge in [-0.2, -0.15) is 0 Å². The van der Waals surface area contributed by atoms with Crippen LogP contribution in [0.3, 0.4) is 0 Å². The first-order valence-electron chi connectivity index (χ1n) is 17.0. The van der Waals surface area contributed by atoms with E-state index in [1.54, 1.807) is 0 Å². The SMILES string of the molecule is C=Cc1c(/C=C\C)c2cc(-c3ccc4c(c3)c3ccccc3n4-c3ccc4oc5ccccc5c4c3)ccc2n1C1=CCCC=C1.CC. The van der Waals surface area contributed by atoms with Gasteiger partial charge < -0.3 is 13.6 Å². The summed E-state index contributed by atoms with van der Waals surface area (Å²) in [6.07, 6.45) is 15.3. The van der Waals surface area contributed by atoms with E-state index in [9.17, 15) is 0 Å². The Morgan fingerprint density at radius 3 is 2.08 bits per heavy atom. The van der Waals surface area contributed by atoms with E-state index < -0.39 is 0 Å². The van der Waals surface area contributed by atoms with Gasteiger partial charge in [0.2, 0.25) is 0 Å². The van der Waals surface area contributed by atoms with E-state index >= 15 is 0 Å². The minimum absolute atomic E-state index is 0.907. The van der Waals surface area contributed by atoms with E-state index in [0.717, 1.165) is 46.2 Å². The molecule has 0 aliphatic heterocycles. The highest BCUT2D eigenvalue weighted by Gasteiger charge is 2.19. The van der Waals surface area contributed by atoms with E-state index in [0.29, 0.717) is 0 Å². The third-order valence-corrected chi connectivity index (χ3v) is 9.43. The molecule has 1 aliphatic carbocycles. The van der Waals surface area contributed by atoms with Gasteiger partial charge in [0.1, 0.15) is 11.2 Å². The van der Waals surface area contributed by atoms with Crippen molar-refractivity contribution in [3.63, 3.8) is 0 Å². The summed E-state index contributed by atoms with van der Waals surface area (Å²) >= 11 is 0. The predicted octanol–water partition coefficient (Wildman–Crippen LogP) is 13.2. The molecule has 0 saturated heterocycles. The summed E-state index contributed by atoms with van der Waals surface area (Å²) in [6, 6.07) is 37.3. The minimum Gasteiger partial charge on any atom is -0.456 e. The zero-order valence-corrected chi connectivity index (χ0v) is 27.7. The number of benzene rings is 5. The normalized spacial score (nSPS) is 13.2. The Labute approximate surface area is 281 Å². The molecule has 0 spiro atoms. The number of fused-ring (bicyclic) bond motifs is 7. The van der Waals surface area contributed by atoms with Crippen LogP contribution in [0.1, 0.15) is 44.9 Å². The lowest BCUT2D eigenvalue weighted by Crippen LogP contribution is -1.99. The Bertz CT molecular complexity index is 2610. The number of rotatable bonds is 5. The summed E-state index contributed by atoms with van der Waals surface area (Å²) in [7, 11) is 0. The van der Waals surface area contributed by atoms with Gasteiger partial charge in [0.15, 0.2) is 0 Å². The molecule has 5 aromatic carbocycles. The fourth-order valence-corrected chi connectivity index (χ4v) is 7.38. The molecule has 0 unspecified atom stereocenters. The molecule has 0 amide bonds. The number of hydrogen-bond donors (Lipinski definition) is 0. The fraction of sp³-hybridized carbons (Fsp3) is 0.111. The second kappa shape index (κ2) is 12.1. The van der Waals surface area contributed by atoms with E-state index in [2.05, 4.69) is 144 Å². The van der Waals surface area contributed by atoms with Crippen LogP contribution < -0.4 is 0 Å². The Hall–Kier alpha value is -5.80. The van der Waals surface area contributed by atoms with Crippen molar-refractivity contribution in [1.82, 2.24) is 9.13 Å². The lowest BCUT2D eigenvalue weighted by atomic mass is 10.00. The molecular weight excluding hydrogens is 585 g/mol. The molecule has 8 aromatic rings. The average Bonchev–Trinajstić information content (AvgIpc) is 3.79. The third kappa shape index (κ3) is 4.57. The molecule has 0 saturated carbocycles. The van der Waals surface area contributed by atoms with Gasteiger partial charge in [-0.25, -0.2) is 0 Å². The van der Waals surface area contributed by atoms with E-state index in [4.69, 9.17) is 4.42 Å². The highest BCUT2D eigenvalue weighted by atomic mass is 16.3. The van der Waals surface area contributed by atoms with Gasteiger partial charge in [-0.3, -0.25) is 0 Å². The van der Waals surface area contributed by atoms with Crippen LogP contribution in [0.15, 0.2) is 138 Å². The van der Waals surface area contributed by atoms with Gasteiger partial charge in [-0.05, 0) is 97.6 Å². The molecule has 0 bridgehead atoms. The van der Waals surface area contributed by atoms with Gasteiger partial charge in [-0.15, -0.1) is 0 Å². The van der Waals surface area contributed by atoms with Crippen molar-refractivity contribution in [1.29, 1.82) is 0 Å². The molecular formula is C45H38N2O. The third-order valence-electron chi connectivity index (χ3n) is 9.43. The number of aromatic nitrogens is 2. The van der Waals surface area contributed by atoms with Crippen molar-refractivity contribution in [2.75, 3.05) is 0 Å². The van der Waals surface area contributed by atoms with Crippen molar-refractivity contribution in [3.05, 3.63) is 145 Å². The maximum Gasteiger partial charge on any atom is 0.135 e. The van der Waals surface area contributed by atoms with Crippen molar-refractivity contribution in [2.45, 2.75) is 33.6 Å². The topological polar surface area (TPSA) is 23.0 Å². The maximum absolute atomic E-state index is 6.14. The summed E-state index contributed by atoms with van der Waals surface area (Å²) in [6.45, 7) is 10.3. The van der Waals surface area contributed by atoms with E-state index in [1.807, 2.05) is 32.1 Å². The summed E-state index contributed by atoms with van der Waals surface area (Å²) in [5, 5.41) is 5.98. The molecule has 0 fully saturated rings. The number of hydrogen-bond acceptors (Lipinski definition) is 1. The zero-order chi connectivity index (χ0) is 32.8. The summed E-state index contributed by atoms with van der Waals surface area (Å²) in [4.78, 5) is 0. The highest BCUT2D eigenvalue weighted by Crippen LogP contribution is 2.39. The number of para-hydroxylation sites is 2. The predicted molar refractivity (Wildman–Crippen MR) is 208 cm³/mol. The standard InChI is InChI=1S/C43H32N2O.C2H6/c1-3-12-32-35-25-28(19-22-40(35)44(38(32)4-2)30-13-6-5-7-14-30)29-20-23-41-36(26-29)33-15-8-10-17-39(33)45(41)31-21-24-43-37(27-31)34-16-9-11-18-42(34)46-43;1-2/h3-4,6,8-27H,2,5,7H2,1H3;1-2H3/b12-3-;. The molecule has 3 heteroatoms. The number of nitrogens with zero attached hydrogens (tertiary/aromatic N) is 2. The minimum atomic E-state index is 0.907. The monoisotopic (exact) mass is 622 g/mol. The molecule has 3 nitrogen and oxygen atoms in total. The van der Waals surface area contributed by atoms with Crippen LogP contribution in [0, 0.1) is 0 Å². The lowest BCUT2D eigenvalue weighted by molar-refractivity contribution is 0.669. The largest absolute Gasteiger partial charge is 0.456 e. The second-order valence-corrected chi connectivity index (χ2v) is 12.0. The van der Waals surface area contributed by atoms with Crippen molar-refractivity contribution < 1.29 is 4.42 Å². The van der Waals surface area contributed by atoms with Crippen molar-refractivity contribution in [2.24, 2.45) is 0 Å². The van der Waals surface area contributed by atoms with Crippen LogP contribution in [0.25, 0.3) is 89.3 Å². The van der Waals surface area contributed by atoms with Gasteiger partial charge in [0.25, 0.3) is 0 Å². The molecule has 9 rings (SSSR count). The van der Waals surface area contributed by atoms with Crippen LogP contribution in [0.5, 0.6) is 0 Å². The van der Waals surface area contributed by atoms with Gasteiger partial charge in [0, 0.05) is 43.9 Å². The van der Waals surface area contributed by atoms with Crippen LogP contribution in [-0.4, -0.2) is 9.13 Å². The van der Waals surface area contributed by atoms with Crippen LogP contribution in [0.4, 0.5) is 0 Å². The molecule has 3 aromatic heterocycles. The highest BCUT2D eigenvalue weighted by molar-refractivity contribution is 6.12. The number of furan rings is 1. The summed E-state index contributed by atoms with van der Waals surface area (Å²) < 4.78 is 10.9. The van der Waals surface area contributed by atoms with Crippen molar-refractivity contribution in [3.8, 4) is 16.8 Å². The second-order valence-electron chi connectivity index (χ2n) is 12.0. The zero-order valence-electron chi connectivity index (χ0n) is 27.7. The van der Waals surface area contributed by atoms with Crippen molar-refractivity contribution >= 4 is 72.5 Å². The number of allylic oxidation sites excluding steroid dienone is 5. The van der Waals surface area contributed by atoms with E-state index in [-0.39, 0.29) is 0 Å². The first-order valence-corrected chi connectivity index (χ1v) is 17.0. The Balaban J connectivity index is 0.00000165. The average molecular weight is 623 g/mol. The summed E-state index contributed by atoms with van der Waals surface area (Å²) in [5.74, 6) is 0. The van der Waals surface area contributed by atoms with Crippen LogP contribution in [-0.2, 0) is 0 Å². The van der Waals surface area contributed by atoms with Crippen LogP contribution >= 0.6 is 0 Å². The van der Waals surface area contributed by atoms with Gasteiger partial charge >= 0.3 is 0 Å². The Morgan fingerprint density at radius 2 is 1.33 bits per heavy atom. The van der Waals surface area contributed by atoms with Gasteiger partial charge in [0.05, 0.1) is 22.2 Å². The maximum atomic E-state index is 6.14. The molecule has 48 heavy (non-hydrogen) atoms. The first-order chi connectivity index (χ1) is 23.7. The smallest absolute Gasteiger partial charge is 0.135 e. The molecule has 234 valence electrons. The molecule has 0 N–H and O–H groups in total. The lowest BCUT2D eigenvalue weighted by Gasteiger charge is -2.13. The van der Waals surface area contributed by atoms with E-state index in [1.165, 1.54) is 55.1 Å². The Kier molecular flexibility index (Phi) is 7.46.